The molecule has 1 aliphatic rings. The van der Waals surface area contributed by atoms with Gasteiger partial charge in [0.25, 0.3) is 0 Å². The molecule has 1 rings (SSSR count). The molecule has 114 valence electrons. The molecule has 0 aliphatic carbocycles. The van der Waals surface area contributed by atoms with Crippen LogP contribution >= 0.6 is 0 Å². The summed E-state index contributed by atoms with van der Waals surface area (Å²) in [6.07, 6.45) is 1.27. The van der Waals surface area contributed by atoms with Gasteiger partial charge >= 0.3 is 0 Å². The fourth-order valence-corrected chi connectivity index (χ4v) is 2.14. The van der Waals surface area contributed by atoms with Gasteiger partial charge in [-0.3, -0.25) is 9.59 Å². The van der Waals surface area contributed by atoms with Crippen LogP contribution in [0.3, 0.4) is 0 Å². The second kappa shape index (κ2) is 8.01. The Balaban J connectivity index is 2.45. The molecule has 2 amide bonds. The van der Waals surface area contributed by atoms with Gasteiger partial charge in [0, 0.05) is 33.2 Å². The zero-order chi connectivity index (χ0) is 15.1. The molecule has 6 heteroatoms. The van der Waals surface area contributed by atoms with Gasteiger partial charge in [0.05, 0.1) is 19.3 Å². The maximum absolute atomic E-state index is 12.1. The number of ether oxygens (including phenoxy) is 1. The first-order valence-electron chi connectivity index (χ1n) is 6.93. The first-order chi connectivity index (χ1) is 9.47. The number of rotatable bonds is 6. The average molecular weight is 283 g/mol. The van der Waals surface area contributed by atoms with Crippen LogP contribution in [0.1, 0.15) is 6.92 Å². The van der Waals surface area contributed by atoms with E-state index in [-0.39, 0.29) is 24.5 Å². The van der Waals surface area contributed by atoms with Crippen LogP contribution in [-0.2, 0) is 14.3 Å². The van der Waals surface area contributed by atoms with Crippen LogP contribution < -0.4 is 0 Å². The summed E-state index contributed by atoms with van der Waals surface area (Å²) in [4.78, 5) is 28.9. The van der Waals surface area contributed by atoms with E-state index < -0.39 is 0 Å². The summed E-state index contributed by atoms with van der Waals surface area (Å²) in [7, 11) is 3.78. The normalized spacial score (nSPS) is 19.4. The number of hydrogen-bond donors (Lipinski definition) is 0. The molecule has 1 saturated heterocycles. The van der Waals surface area contributed by atoms with E-state index in [4.69, 9.17) is 4.74 Å². The maximum atomic E-state index is 12.1. The van der Waals surface area contributed by atoms with Crippen molar-refractivity contribution in [3.05, 3.63) is 12.7 Å². The SMILES string of the molecule is C=CC(=O)N(CC)CC(=O)N(C)CC1CN(C)CCO1. The van der Waals surface area contributed by atoms with Crippen LogP contribution in [-0.4, -0.2) is 86.0 Å². The quantitative estimate of drug-likeness (QED) is 0.634. The number of morpholine rings is 1. The summed E-state index contributed by atoms with van der Waals surface area (Å²) in [5.41, 5.74) is 0. The zero-order valence-electron chi connectivity index (χ0n) is 12.7. The number of hydrogen-bond acceptors (Lipinski definition) is 4. The van der Waals surface area contributed by atoms with Gasteiger partial charge in [-0.25, -0.2) is 0 Å². The van der Waals surface area contributed by atoms with Crippen molar-refractivity contribution < 1.29 is 14.3 Å². The second-order valence-corrected chi connectivity index (χ2v) is 5.09. The Morgan fingerprint density at radius 2 is 2.20 bits per heavy atom. The van der Waals surface area contributed by atoms with Gasteiger partial charge in [0.1, 0.15) is 0 Å². The first kappa shape index (κ1) is 16.7. The molecule has 0 spiro atoms. The first-order valence-corrected chi connectivity index (χ1v) is 6.93. The summed E-state index contributed by atoms with van der Waals surface area (Å²) in [5, 5.41) is 0. The average Bonchev–Trinajstić information content (AvgIpc) is 2.43. The fourth-order valence-electron chi connectivity index (χ4n) is 2.14. The third kappa shape index (κ3) is 4.94. The van der Waals surface area contributed by atoms with E-state index in [1.807, 2.05) is 14.0 Å². The predicted molar refractivity (Wildman–Crippen MR) is 77.3 cm³/mol. The molecule has 1 aliphatic heterocycles. The summed E-state index contributed by atoms with van der Waals surface area (Å²) in [6.45, 7) is 8.84. The number of nitrogens with zero attached hydrogens (tertiary/aromatic N) is 3. The molecule has 1 atom stereocenters. The van der Waals surface area contributed by atoms with E-state index in [0.29, 0.717) is 19.7 Å². The van der Waals surface area contributed by atoms with Crippen molar-refractivity contribution in [3.8, 4) is 0 Å². The zero-order valence-corrected chi connectivity index (χ0v) is 12.7. The third-order valence-corrected chi connectivity index (χ3v) is 3.44. The van der Waals surface area contributed by atoms with E-state index in [9.17, 15) is 9.59 Å². The molecule has 0 aromatic heterocycles. The van der Waals surface area contributed by atoms with Crippen LogP contribution in [0.2, 0.25) is 0 Å². The summed E-state index contributed by atoms with van der Waals surface area (Å²) < 4.78 is 5.64. The Hall–Kier alpha value is -1.40. The predicted octanol–water partition coefficient (Wildman–Crippen LogP) is -0.190. The Labute approximate surface area is 121 Å². The van der Waals surface area contributed by atoms with Gasteiger partial charge in [-0.05, 0) is 20.0 Å². The summed E-state index contributed by atoms with van der Waals surface area (Å²) >= 11 is 0. The van der Waals surface area contributed by atoms with Crippen molar-refractivity contribution in [1.82, 2.24) is 14.7 Å². The Morgan fingerprint density at radius 3 is 2.75 bits per heavy atom. The molecular weight excluding hydrogens is 258 g/mol. The summed E-state index contributed by atoms with van der Waals surface area (Å²) in [5.74, 6) is -0.304. The molecule has 1 heterocycles. The molecule has 20 heavy (non-hydrogen) atoms. The Morgan fingerprint density at radius 1 is 1.50 bits per heavy atom. The highest BCUT2D eigenvalue weighted by Crippen LogP contribution is 2.05. The highest BCUT2D eigenvalue weighted by molar-refractivity contribution is 5.90. The monoisotopic (exact) mass is 283 g/mol. The van der Waals surface area contributed by atoms with Crippen molar-refractivity contribution in [3.63, 3.8) is 0 Å². The Bertz CT molecular complexity index is 360. The van der Waals surface area contributed by atoms with Gasteiger partial charge in [-0.15, -0.1) is 0 Å². The smallest absolute Gasteiger partial charge is 0.246 e. The molecule has 0 radical (unpaired) electrons. The van der Waals surface area contributed by atoms with Crippen LogP contribution in [0, 0.1) is 0 Å². The highest BCUT2D eigenvalue weighted by Gasteiger charge is 2.22. The minimum absolute atomic E-state index is 0.0351. The molecule has 0 bridgehead atoms. The van der Waals surface area contributed by atoms with Gasteiger partial charge in [0.15, 0.2) is 0 Å². The highest BCUT2D eigenvalue weighted by atomic mass is 16.5. The lowest BCUT2D eigenvalue weighted by atomic mass is 10.2. The lowest BCUT2D eigenvalue weighted by molar-refractivity contribution is -0.139. The number of carbonyl (C=O) groups excluding carboxylic acids is 2. The molecule has 1 unspecified atom stereocenters. The van der Waals surface area contributed by atoms with Crippen LogP contribution in [0.15, 0.2) is 12.7 Å². The lowest BCUT2D eigenvalue weighted by Gasteiger charge is -2.33. The molecule has 6 nitrogen and oxygen atoms in total. The maximum Gasteiger partial charge on any atom is 0.246 e. The van der Waals surface area contributed by atoms with Gasteiger partial charge in [-0.2, -0.15) is 0 Å². The minimum atomic E-state index is -0.220. The van der Waals surface area contributed by atoms with Gasteiger partial charge < -0.3 is 19.4 Å². The molecular formula is C14H25N3O3. The fraction of sp³-hybridized carbons (Fsp3) is 0.714. The molecule has 0 N–H and O–H groups in total. The molecule has 0 aromatic carbocycles. The minimum Gasteiger partial charge on any atom is -0.374 e. The topological polar surface area (TPSA) is 53.1 Å². The van der Waals surface area contributed by atoms with Gasteiger partial charge in [-0.1, -0.05) is 6.58 Å². The van der Waals surface area contributed by atoms with E-state index in [2.05, 4.69) is 11.5 Å². The van der Waals surface area contributed by atoms with Crippen molar-refractivity contribution in [2.24, 2.45) is 0 Å². The number of amides is 2. The lowest BCUT2D eigenvalue weighted by Crippen LogP contribution is -2.48. The van der Waals surface area contributed by atoms with Crippen molar-refractivity contribution in [2.75, 3.05) is 53.4 Å². The second-order valence-electron chi connectivity index (χ2n) is 5.09. The van der Waals surface area contributed by atoms with Crippen molar-refractivity contribution >= 4 is 11.8 Å². The van der Waals surface area contributed by atoms with Crippen molar-refractivity contribution in [2.45, 2.75) is 13.0 Å². The van der Waals surface area contributed by atoms with E-state index in [1.54, 1.807) is 11.9 Å². The number of likely N-dealkylation sites (N-methyl/N-ethyl adjacent to an activating group) is 3. The van der Waals surface area contributed by atoms with E-state index in [0.717, 1.165) is 13.1 Å². The van der Waals surface area contributed by atoms with Crippen LogP contribution in [0.5, 0.6) is 0 Å². The number of carbonyl (C=O) groups is 2. The third-order valence-electron chi connectivity index (χ3n) is 3.44. The van der Waals surface area contributed by atoms with Crippen LogP contribution in [0.4, 0.5) is 0 Å². The molecule has 0 aromatic rings. The Kier molecular flexibility index (Phi) is 6.67. The summed E-state index contributed by atoms with van der Waals surface area (Å²) in [6, 6.07) is 0. The molecule has 0 saturated carbocycles. The van der Waals surface area contributed by atoms with Gasteiger partial charge in [0.2, 0.25) is 11.8 Å². The molecule has 1 fully saturated rings. The van der Waals surface area contributed by atoms with E-state index in [1.165, 1.54) is 11.0 Å². The van der Waals surface area contributed by atoms with Crippen LogP contribution in [0.25, 0.3) is 0 Å². The largest absolute Gasteiger partial charge is 0.374 e. The van der Waals surface area contributed by atoms with Crippen molar-refractivity contribution in [1.29, 1.82) is 0 Å². The van der Waals surface area contributed by atoms with E-state index >= 15 is 0 Å². The standard InChI is InChI=1S/C14H25N3O3/c1-5-13(18)17(6-2)11-14(19)16(4)10-12-9-15(3)7-8-20-12/h5,12H,1,6-11H2,2-4H3.